The highest BCUT2D eigenvalue weighted by Gasteiger charge is 2.29. The second-order valence-electron chi connectivity index (χ2n) is 5.99. The molecule has 114 valence electrons. The molecule has 2 heterocycles. The SMILES string of the molecule is CCCNC(CCc1cccs1)C1CN(C)CCN1C. The Hall–Kier alpha value is -0.420. The van der Waals surface area contributed by atoms with Gasteiger partial charge in [-0.3, -0.25) is 4.90 Å². The molecule has 0 spiro atoms. The Labute approximate surface area is 128 Å². The summed E-state index contributed by atoms with van der Waals surface area (Å²) in [5.41, 5.74) is 0. The van der Waals surface area contributed by atoms with E-state index in [0.29, 0.717) is 12.1 Å². The van der Waals surface area contributed by atoms with Crippen LogP contribution in [-0.4, -0.2) is 62.2 Å². The number of aryl methyl sites for hydroxylation is 1. The van der Waals surface area contributed by atoms with E-state index in [1.54, 1.807) is 0 Å². The summed E-state index contributed by atoms with van der Waals surface area (Å²) in [6, 6.07) is 5.66. The van der Waals surface area contributed by atoms with Crippen LogP contribution >= 0.6 is 11.3 Å². The van der Waals surface area contributed by atoms with E-state index in [1.807, 2.05) is 11.3 Å². The van der Waals surface area contributed by atoms with E-state index in [-0.39, 0.29) is 0 Å². The first kappa shape index (κ1) is 16.0. The lowest BCUT2D eigenvalue weighted by molar-refractivity contribution is 0.0854. The smallest absolute Gasteiger partial charge is 0.0374 e. The van der Waals surface area contributed by atoms with Gasteiger partial charge in [-0.2, -0.15) is 0 Å². The summed E-state index contributed by atoms with van der Waals surface area (Å²) in [4.78, 5) is 6.53. The molecule has 0 aliphatic carbocycles. The third-order valence-corrected chi connectivity index (χ3v) is 5.24. The molecule has 1 fully saturated rings. The Morgan fingerprint density at radius 1 is 1.40 bits per heavy atom. The molecule has 4 heteroatoms. The summed E-state index contributed by atoms with van der Waals surface area (Å²) in [7, 11) is 4.53. The number of piperazine rings is 1. The molecule has 1 aliphatic heterocycles. The predicted molar refractivity (Wildman–Crippen MR) is 88.6 cm³/mol. The van der Waals surface area contributed by atoms with Crippen molar-refractivity contribution >= 4 is 11.3 Å². The van der Waals surface area contributed by atoms with Crippen LogP contribution in [0.2, 0.25) is 0 Å². The van der Waals surface area contributed by atoms with Crippen LogP contribution < -0.4 is 5.32 Å². The largest absolute Gasteiger partial charge is 0.312 e. The number of rotatable bonds is 7. The molecule has 3 nitrogen and oxygen atoms in total. The fourth-order valence-electron chi connectivity index (χ4n) is 2.99. The topological polar surface area (TPSA) is 18.5 Å². The molecule has 1 N–H and O–H groups in total. The zero-order valence-corrected chi connectivity index (χ0v) is 14.0. The third kappa shape index (κ3) is 4.55. The Balaban J connectivity index is 1.94. The number of nitrogens with one attached hydrogen (secondary N) is 1. The van der Waals surface area contributed by atoms with E-state index in [2.05, 4.69) is 53.6 Å². The first-order valence-electron chi connectivity index (χ1n) is 7.85. The van der Waals surface area contributed by atoms with Crippen LogP contribution in [0.15, 0.2) is 17.5 Å². The fraction of sp³-hybridized carbons (Fsp3) is 0.750. The van der Waals surface area contributed by atoms with Gasteiger partial charge in [0.25, 0.3) is 0 Å². The van der Waals surface area contributed by atoms with Gasteiger partial charge in [-0.05, 0) is 51.3 Å². The summed E-state index contributed by atoms with van der Waals surface area (Å²) >= 11 is 1.88. The Kier molecular flexibility index (Phi) is 6.49. The van der Waals surface area contributed by atoms with E-state index in [9.17, 15) is 0 Å². The van der Waals surface area contributed by atoms with Crippen molar-refractivity contribution in [3.05, 3.63) is 22.4 Å². The molecule has 1 aliphatic rings. The molecule has 2 atom stereocenters. The molecule has 0 radical (unpaired) electrons. The molecule has 0 bridgehead atoms. The van der Waals surface area contributed by atoms with Gasteiger partial charge in [0.05, 0.1) is 0 Å². The first-order valence-corrected chi connectivity index (χ1v) is 8.73. The maximum absolute atomic E-state index is 3.79. The van der Waals surface area contributed by atoms with Crippen LogP contribution in [0.3, 0.4) is 0 Å². The fourth-order valence-corrected chi connectivity index (χ4v) is 3.72. The maximum atomic E-state index is 3.79. The third-order valence-electron chi connectivity index (χ3n) is 4.30. The molecule has 1 aromatic heterocycles. The highest BCUT2D eigenvalue weighted by Crippen LogP contribution is 2.17. The molecular formula is C16H29N3S. The lowest BCUT2D eigenvalue weighted by Gasteiger charge is -2.42. The van der Waals surface area contributed by atoms with Crippen LogP contribution in [-0.2, 0) is 6.42 Å². The average molecular weight is 295 g/mol. The van der Waals surface area contributed by atoms with Gasteiger partial charge in [-0.25, -0.2) is 0 Å². The van der Waals surface area contributed by atoms with Gasteiger partial charge in [0.2, 0.25) is 0 Å². The second-order valence-corrected chi connectivity index (χ2v) is 7.02. The number of thiophene rings is 1. The van der Waals surface area contributed by atoms with Gasteiger partial charge in [0, 0.05) is 36.6 Å². The molecule has 2 unspecified atom stereocenters. The Morgan fingerprint density at radius 3 is 2.95 bits per heavy atom. The van der Waals surface area contributed by atoms with Crippen LogP contribution in [0.1, 0.15) is 24.6 Å². The highest BCUT2D eigenvalue weighted by atomic mass is 32.1. The van der Waals surface area contributed by atoms with Gasteiger partial charge in [-0.15, -0.1) is 11.3 Å². The monoisotopic (exact) mass is 295 g/mol. The van der Waals surface area contributed by atoms with E-state index < -0.39 is 0 Å². The first-order chi connectivity index (χ1) is 9.70. The van der Waals surface area contributed by atoms with Crippen molar-refractivity contribution in [2.45, 2.75) is 38.3 Å². The van der Waals surface area contributed by atoms with Crippen molar-refractivity contribution in [1.29, 1.82) is 0 Å². The van der Waals surface area contributed by atoms with Gasteiger partial charge in [-0.1, -0.05) is 13.0 Å². The zero-order chi connectivity index (χ0) is 14.4. The predicted octanol–water partition coefficient (Wildman–Crippen LogP) is 2.29. The standard InChI is InChI=1S/C16H29N3S/c1-4-9-17-15(8-7-14-6-5-12-20-14)16-13-18(2)10-11-19(16)3/h5-6,12,15-17H,4,7-11,13H2,1-3H3. The lowest BCUT2D eigenvalue weighted by Crippen LogP contribution is -2.58. The van der Waals surface area contributed by atoms with Crippen molar-refractivity contribution in [2.24, 2.45) is 0 Å². The van der Waals surface area contributed by atoms with E-state index in [1.165, 1.54) is 43.8 Å². The minimum Gasteiger partial charge on any atom is -0.312 e. The van der Waals surface area contributed by atoms with E-state index in [0.717, 1.165) is 6.54 Å². The quantitative estimate of drug-likeness (QED) is 0.833. The van der Waals surface area contributed by atoms with Gasteiger partial charge in [0.15, 0.2) is 0 Å². The molecule has 0 saturated carbocycles. The zero-order valence-electron chi connectivity index (χ0n) is 13.1. The lowest BCUT2D eigenvalue weighted by atomic mass is 9.98. The normalized spacial score (nSPS) is 23.1. The van der Waals surface area contributed by atoms with Crippen LogP contribution in [0, 0.1) is 0 Å². The number of hydrogen-bond donors (Lipinski definition) is 1. The number of hydrogen-bond acceptors (Lipinski definition) is 4. The van der Waals surface area contributed by atoms with Crippen LogP contribution in [0.4, 0.5) is 0 Å². The molecular weight excluding hydrogens is 266 g/mol. The van der Waals surface area contributed by atoms with Gasteiger partial charge < -0.3 is 10.2 Å². The summed E-state index contributed by atoms with van der Waals surface area (Å²) < 4.78 is 0. The molecule has 20 heavy (non-hydrogen) atoms. The summed E-state index contributed by atoms with van der Waals surface area (Å²) in [5, 5.41) is 5.97. The summed E-state index contributed by atoms with van der Waals surface area (Å²) in [6.45, 7) is 6.94. The number of nitrogens with zero attached hydrogens (tertiary/aromatic N) is 2. The highest BCUT2D eigenvalue weighted by molar-refractivity contribution is 7.09. The minimum absolute atomic E-state index is 0.602. The van der Waals surface area contributed by atoms with Crippen molar-refractivity contribution in [1.82, 2.24) is 15.1 Å². The van der Waals surface area contributed by atoms with Crippen molar-refractivity contribution < 1.29 is 0 Å². The summed E-state index contributed by atoms with van der Waals surface area (Å²) in [6.07, 6.45) is 3.65. The van der Waals surface area contributed by atoms with Crippen molar-refractivity contribution in [3.63, 3.8) is 0 Å². The summed E-state index contributed by atoms with van der Waals surface area (Å²) in [5.74, 6) is 0. The molecule has 1 aromatic rings. The maximum Gasteiger partial charge on any atom is 0.0374 e. The minimum atomic E-state index is 0.602. The molecule has 1 saturated heterocycles. The van der Waals surface area contributed by atoms with Crippen LogP contribution in [0.5, 0.6) is 0 Å². The van der Waals surface area contributed by atoms with Crippen molar-refractivity contribution in [2.75, 3.05) is 40.3 Å². The molecule has 0 amide bonds. The van der Waals surface area contributed by atoms with Crippen molar-refractivity contribution in [3.8, 4) is 0 Å². The van der Waals surface area contributed by atoms with E-state index in [4.69, 9.17) is 0 Å². The second kappa shape index (κ2) is 8.13. The molecule has 0 aromatic carbocycles. The average Bonchev–Trinajstić information content (AvgIpc) is 2.95. The van der Waals surface area contributed by atoms with E-state index >= 15 is 0 Å². The molecule has 2 rings (SSSR count). The Bertz CT molecular complexity index is 366. The Morgan fingerprint density at radius 2 is 2.25 bits per heavy atom. The van der Waals surface area contributed by atoms with Gasteiger partial charge in [0.1, 0.15) is 0 Å². The van der Waals surface area contributed by atoms with Crippen LogP contribution in [0.25, 0.3) is 0 Å². The number of likely N-dealkylation sites (N-methyl/N-ethyl adjacent to an activating group) is 2. The van der Waals surface area contributed by atoms with Gasteiger partial charge >= 0.3 is 0 Å².